The Morgan fingerprint density at radius 1 is 1.46 bits per heavy atom. The quantitative estimate of drug-likeness (QED) is 0.761. The molecule has 1 atom stereocenters. The van der Waals surface area contributed by atoms with E-state index in [1.165, 1.54) is 0 Å². The third-order valence-corrected chi connectivity index (χ3v) is 2.31. The zero-order valence-electron chi connectivity index (χ0n) is 6.90. The molecule has 0 fully saturated rings. The minimum absolute atomic E-state index is 0. The Morgan fingerprint density at radius 2 is 2.08 bits per heavy atom. The van der Waals surface area contributed by atoms with Crippen molar-refractivity contribution < 1.29 is 5.11 Å². The summed E-state index contributed by atoms with van der Waals surface area (Å²) in [5.41, 5.74) is 11.7. The second-order valence-electron chi connectivity index (χ2n) is 2.52. The van der Waals surface area contributed by atoms with Crippen LogP contribution in [-0.4, -0.2) is 11.7 Å². The fraction of sp³-hybridized carbons (Fsp3) is 0.250. The fourth-order valence-electron chi connectivity index (χ4n) is 0.958. The second kappa shape index (κ2) is 5.44. The number of halogens is 2. The lowest BCUT2D eigenvalue weighted by atomic mass is 10.1. The van der Waals surface area contributed by atoms with Crippen LogP contribution in [0.4, 0.5) is 0 Å². The Labute approximate surface area is 91.7 Å². The summed E-state index contributed by atoms with van der Waals surface area (Å²) in [6.07, 6.45) is 0. The maximum atomic E-state index is 9.52. The molecule has 0 heterocycles. The van der Waals surface area contributed by atoms with Crippen LogP contribution in [0.15, 0.2) is 22.7 Å². The van der Waals surface area contributed by atoms with Crippen molar-refractivity contribution in [2.45, 2.75) is 6.04 Å². The number of nitrogens with two attached hydrogens (primary N) is 2. The van der Waals surface area contributed by atoms with Crippen LogP contribution < -0.4 is 11.5 Å². The van der Waals surface area contributed by atoms with E-state index in [4.69, 9.17) is 11.5 Å². The van der Waals surface area contributed by atoms with Gasteiger partial charge >= 0.3 is 0 Å². The molecule has 1 rings (SSSR count). The molecule has 1 aromatic carbocycles. The van der Waals surface area contributed by atoms with Gasteiger partial charge in [0.05, 0.1) is 4.47 Å². The van der Waals surface area contributed by atoms with Gasteiger partial charge < -0.3 is 16.6 Å². The minimum Gasteiger partial charge on any atom is -0.506 e. The van der Waals surface area contributed by atoms with Crippen LogP contribution >= 0.6 is 28.3 Å². The molecular formula is C8H12BrClN2O. The van der Waals surface area contributed by atoms with Gasteiger partial charge in [0, 0.05) is 18.2 Å². The summed E-state index contributed by atoms with van der Waals surface area (Å²) in [7, 11) is 0. The Kier molecular flexibility index (Phi) is 5.32. The summed E-state index contributed by atoms with van der Waals surface area (Å²) < 4.78 is 0.643. The number of benzene rings is 1. The molecule has 0 aromatic heterocycles. The van der Waals surface area contributed by atoms with Gasteiger partial charge in [0.25, 0.3) is 0 Å². The predicted octanol–water partition coefficient (Wildman–Crippen LogP) is 1.53. The van der Waals surface area contributed by atoms with Gasteiger partial charge in [-0.1, -0.05) is 12.1 Å². The van der Waals surface area contributed by atoms with Crippen LogP contribution in [0.2, 0.25) is 0 Å². The number of hydrogen-bond acceptors (Lipinski definition) is 3. The highest BCUT2D eigenvalue weighted by Crippen LogP contribution is 2.30. The van der Waals surface area contributed by atoms with E-state index in [0.717, 1.165) is 0 Å². The van der Waals surface area contributed by atoms with Gasteiger partial charge in [0.15, 0.2) is 0 Å². The molecule has 0 aliphatic rings. The molecule has 0 radical (unpaired) electrons. The molecule has 13 heavy (non-hydrogen) atoms. The number of hydrogen-bond donors (Lipinski definition) is 3. The van der Waals surface area contributed by atoms with E-state index < -0.39 is 0 Å². The van der Waals surface area contributed by atoms with Gasteiger partial charge in [-0.3, -0.25) is 0 Å². The van der Waals surface area contributed by atoms with Crippen molar-refractivity contribution in [1.82, 2.24) is 0 Å². The van der Waals surface area contributed by atoms with Crippen molar-refractivity contribution in [3.8, 4) is 5.75 Å². The fourth-order valence-corrected chi connectivity index (χ4v) is 1.34. The largest absolute Gasteiger partial charge is 0.506 e. The molecule has 0 aliphatic heterocycles. The molecule has 5 N–H and O–H groups in total. The van der Waals surface area contributed by atoms with Gasteiger partial charge in [-0.15, -0.1) is 12.4 Å². The van der Waals surface area contributed by atoms with E-state index >= 15 is 0 Å². The normalized spacial score (nSPS) is 11.9. The summed E-state index contributed by atoms with van der Waals surface area (Å²) >= 11 is 3.20. The third-order valence-electron chi connectivity index (χ3n) is 1.67. The van der Waals surface area contributed by atoms with Crippen molar-refractivity contribution >= 4 is 28.3 Å². The summed E-state index contributed by atoms with van der Waals surface area (Å²) in [5, 5.41) is 9.52. The maximum absolute atomic E-state index is 9.52. The van der Waals surface area contributed by atoms with Crippen LogP contribution in [-0.2, 0) is 0 Å². The van der Waals surface area contributed by atoms with Crippen molar-refractivity contribution in [3.05, 3.63) is 28.2 Å². The van der Waals surface area contributed by atoms with Gasteiger partial charge in [-0.25, -0.2) is 0 Å². The van der Waals surface area contributed by atoms with Crippen LogP contribution in [0.3, 0.4) is 0 Å². The number of phenols is 1. The maximum Gasteiger partial charge on any atom is 0.134 e. The van der Waals surface area contributed by atoms with Crippen molar-refractivity contribution in [2.24, 2.45) is 11.5 Å². The first-order valence-corrected chi connectivity index (χ1v) is 4.39. The van der Waals surface area contributed by atoms with Gasteiger partial charge in [-0.05, 0) is 22.0 Å². The average Bonchev–Trinajstić information content (AvgIpc) is 2.08. The third kappa shape index (κ3) is 2.84. The Bertz CT molecular complexity index is 283. The molecule has 0 aliphatic carbocycles. The lowest BCUT2D eigenvalue weighted by Gasteiger charge is -2.11. The first kappa shape index (κ1) is 12.7. The zero-order chi connectivity index (χ0) is 9.14. The van der Waals surface area contributed by atoms with E-state index in [1.54, 1.807) is 12.1 Å². The zero-order valence-corrected chi connectivity index (χ0v) is 9.31. The molecule has 1 aromatic rings. The Hall–Kier alpha value is -0.290. The van der Waals surface area contributed by atoms with E-state index in [0.29, 0.717) is 16.6 Å². The standard InChI is InChI=1S/C8H11BrN2O.ClH/c9-6-3-1-2-5(8(6)12)7(11)4-10;/h1-3,7,12H,4,10-11H2;1H/t7-;/m0./s1. The summed E-state index contributed by atoms with van der Waals surface area (Å²) in [6.45, 7) is 0.323. The molecule has 0 saturated carbocycles. The van der Waals surface area contributed by atoms with Crippen LogP contribution in [0.1, 0.15) is 11.6 Å². The lowest BCUT2D eigenvalue weighted by molar-refractivity contribution is 0.458. The van der Waals surface area contributed by atoms with E-state index in [1.807, 2.05) is 6.07 Å². The first-order chi connectivity index (χ1) is 5.66. The van der Waals surface area contributed by atoms with Gasteiger partial charge in [0.1, 0.15) is 5.75 Å². The van der Waals surface area contributed by atoms with Crippen LogP contribution in [0.25, 0.3) is 0 Å². The van der Waals surface area contributed by atoms with E-state index in [-0.39, 0.29) is 24.2 Å². The number of aromatic hydroxyl groups is 1. The average molecular weight is 268 g/mol. The number of phenolic OH excluding ortho intramolecular Hbond substituents is 1. The summed E-state index contributed by atoms with van der Waals surface area (Å²) in [5.74, 6) is 0.176. The van der Waals surface area contributed by atoms with Gasteiger partial charge in [-0.2, -0.15) is 0 Å². The summed E-state index contributed by atoms with van der Waals surface area (Å²) in [6, 6.07) is 5.02. The second-order valence-corrected chi connectivity index (χ2v) is 3.37. The van der Waals surface area contributed by atoms with Crippen molar-refractivity contribution in [3.63, 3.8) is 0 Å². The van der Waals surface area contributed by atoms with Crippen molar-refractivity contribution in [2.75, 3.05) is 6.54 Å². The highest BCUT2D eigenvalue weighted by molar-refractivity contribution is 9.10. The number of rotatable bonds is 2. The smallest absolute Gasteiger partial charge is 0.134 e. The predicted molar refractivity (Wildman–Crippen MR) is 59.0 cm³/mol. The highest BCUT2D eigenvalue weighted by atomic mass is 79.9. The van der Waals surface area contributed by atoms with Gasteiger partial charge in [0.2, 0.25) is 0 Å². The molecule has 0 spiro atoms. The number of para-hydroxylation sites is 1. The first-order valence-electron chi connectivity index (χ1n) is 3.60. The SMILES string of the molecule is Cl.NC[C@H](N)c1cccc(Br)c1O. The molecule has 74 valence electrons. The molecule has 3 nitrogen and oxygen atoms in total. The molecular weight excluding hydrogens is 255 g/mol. The summed E-state index contributed by atoms with van der Waals surface area (Å²) in [4.78, 5) is 0. The van der Waals surface area contributed by atoms with E-state index in [9.17, 15) is 5.11 Å². The molecule has 0 saturated heterocycles. The molecule has 0 amide bonds. The topological polar surface area (TPSA) is 72.3 Å². The van der Waals surface area contributed by atoms with Crippen LogP contribution in [0.5, 0.6) is 5.75 Å². The Balaban J connectivity index is 0.00000144. The van der Waals surface area contributed by atoms with E-state index in [2.05, 4.69) is 15.9 Å². The molecule has 5 heteroatoms. The highest BCUT2D eigenvalue weighted by Gasteiger charge is 2.10. The monoisotopic (exact) mass is 266 g/mol. The molecule has 0 unspecified atom stereocenters. The lowest BCUT2D eigenvalue weighted by Crippen LogP contribution is -2.20. The minimum atomic E-state index is -0.303. The Morgan fingerprint density at radius 3 is 2.62 bits per heavy atom. The van der Waals surface area contributed by atoms with Crippen LogP contribution in [0, 0.1) is 0 Å². The van der Waals surface area contributed by atoms with Crippen molar-refractivity contribution in [1.29, 1.82) is 0 Å². The molecule has 0 bridgehead atoms.